The monoisotopic (exact) mass is 267 g/mol. The van der Waals surface area contributed by atoms with Gasteiger partial charge >= 0.3 is 0 Å². The molecule has 0 saturated heterocycles. The average Bonchev–Trinajstić information content (AvgIpc) is 2.80. The first kappa shape index (κ1) is 12.4. The van der Waals surface area contributed by atoms with Crippen molar-refractivity contribution in [3.8, 4) is 5.75 Å². The van der Waals surface area contributed by atoms with Gasteiger partial charge in [0.15, 0.2) is 0 Å². The summed E-state index contributed by atoms with van der Waals surface area (Å²) in [5, 5.41) is 2.75. The summed E-state index contributed by atoms with van der Waals surface area (Å²) in [6.45, 7) is 0. The SMILES string of the molecule is COc1ccsc1C(N)Cc1ccccc1Cl. The summed E-state index contributed by atoms with van der Waals surface area (Å²) in [4.78, 5) is 1.06. The molecule has 1 heterocycles. The molecule has 1 unspecified atom stereocenters. The number of nitrogens with two attached hydrogens (primary N) is 1. The molecule has 17 heavy (non-hydrogen) atoms. The minimum Gasteiger partial charge on any atom is -0.496 e. The van der Waals surface area contributed by atoms with E-state index in [-0.39, 0.29) is 6.04 Å². The Morgan fingerprint density at radius 3 is 2.82 bits per heavy atom. The third kappa shape index (κ3) is 2.80. The summed E-state index contributed by atoms with van der Waals surface area (Å²) >= 11 is 7.73. The molecule has 1 aromatic heterocycles. The van der Waals surface area contributed by atoms with Crippen LogP contribution in [0.2, 0.25) is 5.02 Å². The van der Waals surface area contributed by atoms with Crippen molar-refractivity contribution in [2.75, 3.05) is 7.11 Å². The molecule has 2 rings (SSSR count). The summed E-state index contributed by atoms with van der Waals surface area (Å²) in [6, 6.07) is 9.64. The number of methoxy groups -OCH3 is 1. The van der Waals surface area contributed by atoms with Crippen LogP contribution in [0.5, 0.6) is 5.75 Å². The van der Waals surface area contributed by atoms with Crippen LogP contribution in [0.1, 0.15) is 16.5 Å². The molecule has 0 aliphatic carbocycles. The predicted octanol–water partition coefficient (Wildman–Crippen LogP) is 3.65. The summed E-state index contributed by atoms with van der Waals surface area (Å²) in [7, 11) is 1.66. The number of rotatable bonds is 4. The van der Waals surface area contributed by atoms with Crippen LogP contribution in [0.25, 0.3) is 0 Å². The molecule has 4 heteroatoms. The van der Waals surface area contributed by atoms with Crippen LogP contribution >= 0.6 is 22.9 Å². The van der Waals surface area contributed by atoms with Crippen LogP contribution in [-0.2, 0) is 6.42 Å². The molecule has 1 aromatic carbocycles. The fourth-order valence-corrected chi connectivity index (χ4v) is 2.82. The lowest BCUT2D eigenvalue weighted by Gasteiger charge is -2.12. The number of hydrogen-bond acceptors (Lipinski definition) is 3. The molecule has 0 aliphatic heterocycles. The molecular weight excluding hydrogens is 254 g/mol. The van der Waals surface area contributed by atoms with Gasteiger partial charge in [-0.1, -0.05) is 29.8 Å². The van der Waals surface area contributed by atoms with Crippen molar-refractivity contribution in [1.29, 1.82) is 0 Å². The van der Waals surface area contributed by atoms with Crippen molar-refractivity contribution in [2.45, 2.75) is 12.5 Å². The molecule has 0 radical (unpaired) electrons. The maximum atomic E-state index is 6.19. The second-order valence-electron chi connectivity index (χ2n) is 3.76. The first-order valence-corrected chi connectivity index (χ1v) is 6.58. The van der Waals surface area contributed by atoms with Crippen LogP contribution in [0.15, 0.2) is 35.7 Å². The Labute approximate surface area is 110 Å². The van der Waals surface area contributed by atoms with Gasteiger partial charge in [-0.05, 0) is 29.5 Å². The van der Waals surface area contributed by atoms with E-state index >= 15 is 0 Å². The molecule has 0 aliphatic rings. The summed E-state index contributed by atoms with van der Waals surface area (Å²) in [5.74, 6) is 0.856. The lowest BCUT2D eigenvalue weighted by molar-refractivity contribution is 0.409. The molecule has 2 N–H and O–H groups in total. The molecule has 2 nitrogen and oxygen atoms in total. The van der Waals surface area contributed by atoms with Gasteiger partial charge in [0.1, 0.15) is 5.75 Å². The standard InChI is InChI=1S/C13H14ClNOS/c1-16-12-6-7-17-13(12)11(15)8-9-4-2-3-5-10(9)14/h2-7,11H,8,15H2,1H3. The molecule has 0 amide bonds. The van der Waals surface area contributed by atoms with Crippen LogP contribution in [-0.4, -0.2) is 7.11 Å². The van der Waals surface area contributed by atoms with Crippen LogP contribution in [0.4, 0.5) is 0 Å². The molecule has 0 bridgehead atoms. The quantitative estimate of drug-likeness (QED) is 0.918. The first-order valence-electron chi connectivity index (χ1n) is 5.32. The van der Waals surface area contributed by atoms with E-state index in [1.54, 1.807) is 18.4 Å². The number of ether oxygens (including phenoxy) is 1. The van der Waals surface area contributed by atoms with Crippen LogP contribution < -0.4 is 10.5 Å². The number of halogens is 1. The van der Waals surface area contributed by atoms with Gasteiger partial charge in [-0.2, -0.15) is 0 Å². The van der Waals surface area contributed by atoms with Gasteiger partial charge in [0.2, 0.25) is 0 Å². The summed E-state index contributed by atoms with van der Waals surface area (Å²) in [5.41, 5.74) is 7.26. The molecule has 2 aromatic rings. The highest BCUT2D eigenvalue weighted by Gasteiger charge is 2.15. The molecular formula is C13H14ClNOS. The number of thiophene rings is 1. The number of benzene rings is 1. The van der Waals surface area contributed by atoms with Crippen molar-refractivity contribution >= 4 is 22.9 Å². The summed E-state index contributed by atoms with van der Waals surface area (Å²) < 4.78 is 5.27. The smallest absolute Gasteiger partial charge is 0.134 e. The van der Waals surface area contributed by atoms with Crippen molar-refractivity contribution < 1.29 is 4.74 Å². The van der Waals surface area contributed by atoms with E-state index in [1.807, 2.05) is 35.7 Å². The molecule has 0 fully saturated rings. The Bertz CT molecular complexity index is 498. The van der Waals surface area contributed by atoms with E-state index in [0.29, 0.717) is 0 Å². The lowest BCUT2D eigenvalue weighted by atomic mass is 10.1. The zero-order valence-electron chi connectivity index (χ0n) is 9.52. The van der Waals surface area contributed by atoms with Gasteiger partial charge < -0.3 is 10.5 Å². The normalized spacial score (nSPS) is 12.4. The van der Waals surface area contributed by atoms with Gasteiger partial charge in [0, 0.05) is 11.1 Å². The van der Waals surface area contributed by atoms with E-state index in [2.05, 4.69) is 0 Å². The zero-order chi connectivity index (χ0) is 12.3. The molecule has 90 valence electrons. The van der Waals surface area contributed by atoms with E-state index in [1.165, 1.54) is 0 Å². The van der Waals surface area contributed by atoms with E-state index in [0.717, 1.165) is 27.6 Å². The minimum atomic E-state index is -0.0788. The van der Waals surface area contributed by atoms with Crippen molar-refractivity contribution in [2.24, 2.45) is 5.73 Å². The van der Waals surface area contributed by atoms with Crippen LogP contribution in [0, 0.1) is 0 Å². The molecule has 0 saturated carbocycles. The third-order valence-electron chi connectivity index (χ3n) is 2.61. The van der Waals surface area contributed by atoms with Gasteiger partial charge in [-0.3, -0.25) is 0 Å². The Balaban J connectivity index is 2.17. The molecule has 1 atom stereocenters. The van der Waals surface area contributed by atoms with Crippen molar-refractivity contribution in [1.82, 2.24) is 0 Å². The minimum absolute atomic E-state index is 0.0788. The maximum absolute atomic E-state index is 6.19. The largest absolute Gasteiger partial charge is 0.496 e. The Morgan fingerprint density at radius 2 is 2.12 bits per heavy atom. The second-order valence-corrected chi connectivity index (χ2v) is 5.11. The predicted molar refractivity (Wildman–Crippen MR) is 73.0 cm³/mol. The zero-order valence-corrected chi connectivity index (χ0v) is 11.1. The van der Waals surface area contributed by atoms with Gasteiger partial charge in [-0.25, -0.2) is 0 Å². The van der Waals surface area contributed by atoms with E-state index < -0.39 is 0 Å². The highest BCUT2D eigenvalue weighted by molar-refractivity contribution is 7.10. The van der Waals surface area contributed by atoms with Gasteiger partial charge in [0.05, 0.1) is 12.0 Å². The fourth-order valence-electron chi connectivity index (χ4n) is 1.74. The van der Waals surface area contributed by atoms with Crippen LogP contribution in [0.3, 0.4) is 0 Å². The Hall–Kier alpha value is -1.03. The lowest BCUT2D eigenvalue weighted by Crippen LogP contribution is -2.13. The van der Waals surface area contributed by atoms with E-state index in [4.69, 9.17) is 22.1 Å². The highest BCUT2D eigenvalue weighted by atomic mass is 35.5. The van der Waals surface area contributed by atoms with Crippen molar-refractivity contribution in [3.63, 3.8) is 0 Å². The summed E-state index contributed by atoms with van der Waals surface area (Å²) in [6.07, 6.45) is 0.719. The number of hydrogen-bond donors (Lipinski definition) is 1. The molecule has 0 spiro atoms. The fraction of sp³-hybridized carbons (Fsp3) is 0.231. The highest BCUT2D eigenvalue weighted by Crippen LogP contribution is 2.32. The van der Waals surface area contributed by atoms with Crippen molar-refractivity contribution in [3.05, 3.63) is 51.2 Å². The van der Waals surface area contributed by atoms with Gasteiger partial charge in [0.25, 0.3) is 0 Å². The third-order valence-corrected chi connectivity index (χ3v) is 4.01. The van der Waals surface area contributed by atoms with Gasteiger partial charge in [-0.15, -0.1) is 11.3 Å². The Kier molecular flexibility index (Phi) is 4.05. The average molecular weight is 268 g/mol. The first-order chi connectivity index (χ1) is 8.22. The maximum Gasteiger partial charge on any atom is 0.134 e. The second kappa shape index (κ2) is 5.54. The van der Waals surface area contributed by atoms with E-state index in [9.17, 15) is 0 Å². The topological polar surface area (TPSA) is 35.2 Å². The Morgan fingerprint density at radius 1 is 1.35 bits per heavy atom.